The van der Waals surface area contributed by atoms with Crippen LogP contribution in [-0.4, -0.2) is 18.7 Å². The summed E-state index contributed by atoms with van der Waals surface area (Å²) in [5, 5.41) is 3.40. The van der Waals surface area contributed by atoms with E-state index in [2.05, 4.69) is 59.4 Å². The molecule has 1 aliphatic heterocycles. The number of hydrogen-bond acceptors (Lipinski definition) is 2. The average Bonchev–Trinajstić information content (AvgIpc) is 2.17. The van der Waals surface area contributed by atoms with Crippen molar-refractivity contribution >= 4 is 15.9 Å². The lowest BCUT2D eigenvalue weighted by atomic mass is 10.0. The first kappa shape index (κ1) is 11.1. The smallest absolute Gasteiger partial charge is 0.0957 e. The summed E-state index contributed by atoms with van der Waals surface area (Å²) >= 11 is 3.44. The van der Waals surface area contributed by atoms with Gasteiger partial charge in [-0.05, 0) is 31.5 Å². The molecule has 1 heterocycles. The summed E-state index contributed by atoms with van der Waals surface area (Å²) in [7, 11) is 0. The van der Waals surface area contributed by atoms with E-state index in [4.69, 9.17) is 4.74 Å². The highest BCUT2D eigenvalue weighted by Gasteiger charge is 2.28. The number of benzene rings is 1. The van der Waals surface area contributed by atoms with Gasteiger partial charge in [-0.2, -0.15) is 0 Å². The standard InChI is InChI=1S/C12H16BrNO/c1-12(2)8-14-7-11(15-12)9-3-5-10(13)6-4-9/h3-6,11,14H,7-8H2,1-2H3. The van der Waals surface area contributed by atoms with Gasteiger partial charge in [-0.25, -0.2) is 0 Å². The molecular weight excluding hydrogens is 254 g/mol. The first-order valence-electron chi connectivity index (χ1n) is 5.21. The highest BCUT2D eigenvalue weighted by Crippen LogP contribution is 2.27. The van der Waals surface area contributed by atoms with Crippen LogP contribution < -0.4 is 5.32 Å². The molecule has 0 spiro atoms. The maximum absolute atomic E-state index is 6.02. The highest BCUT2D eigenvalue weighted by atomic mass is 79.9. The fourth-order valence-corrected chi connectivity index (χ4v) is 2.10. The molecule has 0 aromatic heterocycles. The molecule has 3 heteroatoms. The Morgan fingerprint density at radius 2 is 2.00 bits per heavy atom. The van der Waals surface area contributed by atoms with Crippen LogP contribution in [0.1, 0.15) is 25.5 Å². The molecule has 1 unspecified atom stereocenters. The van der Waals surface area contributed by atoms with Crippen LogP contribution in [0.2, 0.25) is 0 Å². The van der Waals surface area contributed by atoms with Crippen molar-refractivity contribution in [2.45, 2.75) is 25.6 Å². The van der Waals surface area contributed by atoms with E-state index in [1.165, 1.54) is 5.56 Å². The number of rotatable bonds is 1. The topological polar surface area (TPSA) is 21.3 Å². The van der Waals surface area contributed by atoms with Crippen LogP contribution in [0, 0.1) is 0 Å². The van der Waals surface area contributed by atoms with E-state index in [1.807, 2.05) is 0 Å². The third kappa shape index (κ3) is 2.80. The minimum absolute atomic E-state index is 0.0734. The van der Waals surface area contributed by atoms with Crippen molar-refractivity contribution in [3.8, 4) is 0 Å². The first-order chi connectivity index (χ1) is 7.07. The Bertz CT molecular complexity index is 334. The molecule has 15 heavy (non-hydrogen) atoms. The van der Waals surface area contributed by atoms with Crippen molar-refractivity contribution in [2.24, 2.45) is 0 Å². The van der Waals surface area contributed by atoms with E-state index >= 15 is 0 Å². The fourth-order valence-electron chi connectivity index (χ4n) is 1.84. The van der Waals surface area contributed by atoms with Gasteiger partial charge in [0.25, 0.3) is 0 Å². The van der Waals surface area contributed by atoms with Gasteiger partial charge in [0.1, 0.15) is 0 Å². The number of hydrogen-bond donors (Lipinski definition) is 1. The van der Waals surface area contributed by atoms with E-state index < -0.39 is 0 Å². The molecule has 0 aliphatic carbocycles. The third-order valence-electron chi connectivity index (χ3n) is 2.58. The lowest BCUT2D eigenvalue weighted by Gasteiger charge is -2.36. The maximum atomic E-state index is 6.02. The molecule has 1 aliphatic rings. The monoisotopic (exact) mass is 269 g/mol. The zero-order chi connectivity index (χ0) is 10.9. The Balaban J connectivity index is 2.13. The van der Waals surface area contributed by atoms with Crippen LogP contribution in [0.3, 0.4) is 0 Å². The molecule has 0 bridgehead atoms. The molecule has 1 aromatic carbocycles. The Morgan fingerprint density at radius 3 is 2.60 bits per heavy atom. The summed E-state index contributed by atoms with van der Waals surface area (Å²) in [4.78, 5) is 0. The molecule has 0 radical (unpaired) electrons. The maximum Gasteiger partial charge on any atom is 0.0957 e. The van der Waals surface area contributed by atoms with E-state index in [9.17, 15) is 0 Å². The van der Waals surface area contributed by atoms with Crippen LogP contribution in [0.5, 0.6) is 0 Å². The quantitative estimate of drug-likeness (QED) is 0.847. The van der Waals surface area contributed by atoms with Gasteiger partial charge in [-0.1, -0.05) is 28.1 Å². The van der Waals surface area contributed by atoms with Gasteiger partial charge in [-0.3, -0.25) is 0 Å². The average molecular weight is 270 g/mol. The van der Waals surface area contributed by atoms with Crippen LogP contribution in [-0.2, 0) is 4.74 Å². The van der Waals surface area contributed by atoms with Gasteiger partial charge < -0.3 is 10.1 Å². The highest BCUT2D eigenvalue weighted by molar-refractivity contribution is 9.10. The zero-order valence-electron chi connectivity index (χ0n) is 9.09. The fraction of sp³-hybridized carbons (Fsp3) is 0.500. The van der Waals surface area contributed by atoms with Gasteiger partial charge >= 0.3 is 0 Å². The Kier molecular flexibility index (Phi) is 3.14. The molecule has 2 rings (SSSR count). The second kappa shape index (κ2) is 4.24. The van der Waals surface area contributed by atoms with E-state index in [-0.39, 0.29) is 11.7 Å². The summed E-state index contributed by atoms with van der Waals surface area (Å²) in [5.74, 6) is 0. The normalized spacial score (nSPS) is 25.1. The zero-order valence-corrected chi connectivity index (χ0v) is 10.7. The summed E-state index contributed by atoms with van der Waals surface area (Å²) in [6, 6.07) is 8.33. The molecule has 1 N–H and O–H groups in total. The minimum Gasteiger partial charge on any atom is -0.365 e. The van der Waals surface area contributed by atoms with Crippen molar-refractivity contribution in [1.82, 2.24) is 5.32 Å². The molecule has 0 amide bonds. The predicted octanol–water partition coefficient (Wildman–Crippen LogP) is 2.89. The van der Waals surface area contributed by atoms with Gasteiger partial charge in [0.05, 0.1) is 11.7 Å². The van der Waals surface area contributed by atoms with E-state index in [0.717, 1.165) is 17.6 Å². The Morgan fingerprint density at radius 1 is 1.33 bits per heavy atom. The Hall–Kier alpha value is -0.380. The van der Waals surface area contributed by atoms with Crippen molar-refractivity contribution in [3.05, 3.63) is 34.3 Å². The van der Waals surface area contributed by atoms with Crippen LogP contribution in [0.25, 0.3) is 0 Å². The molecule has 82 valence electrons. The summed E-state index contributed by atoms with van der Waals surface area (Å²) in [6.45, 7) is 6.04. The predicted molar refractivity (Wildman–Crippen MR) is 64.9 cm³/mol. The van der Waals surface area contributed by atoms with E-state index in [1.54, 1.807) is 0 Å². The second-order valence-electron chi connectivity index (χ2n) is 4.55. The molecule has 1 fully saturated rings. The molecule has 1 atom stereocenters. The first-order valence-corrected chi connectivity index (χ1v) is 6.00. The summed E-state index contributed by atoms with van der Waals surface area (Å²) in [6.07, 6.45) is 0.168. The lowest BCUT2D eigenvalue weighted by molar-refractivity contribution is -0.0958. The van der Waals surface area contributed by atoms with Crippen LogP contribution >= 0.6 is 15.9 Å². The van der Waals surface area contributed by atoms with Gasteiger partial charge in [0, 0.05) is 17.6 Å². The summed E-state index contributed by atoms with van der Waals surface area (Å²) in [5.41, 5.74) is 1.16. The Labute approximate surface area is 99.1 Å². The van der Waals surface area contributed by atoms with Gasteiger partial charge in [0.2, 0.25) is 0 Å². The van der Waals surface area contributed by atoms with Crippen molar-refractivity contribution in [1.29, 1.82) is 0 Å². The van der Waals surface area contributed by atoms with Gasteiger partial charge in [0.15, 0.2) is 0 Å². The largest absolute Gasteiger partial charge is 0.365 e. The number of halogens is 1. The third-order valence-corrected chi connectivity index (χ3v) is 3.11. The number of morpholine rings is 1. The van der Waals surface area contributed by atoms with E-state index in [0.29, 0.717) is 0 Å². The number of ether oxygens (including phenoxy) is 1. The molecule has 0 saturated carbocycles. The molecule has 1 saturated heterocycles. The molecule has 1 aromatic rings. The molecule has 2 nitrogen and oxygen atoms in total. The second-order valence-corrected chi connectivity index (χ2v) is 5.46. The lowest BCUT2D eigenvalue weighted by Crippen LogP contribution is -2.46. The SMILES string of the molecule is CC1(C)CNCC(c2ccc(Br)cc2)O1. The van der Waals surface area contributed by atoms with Crippen molar-refractivity contribution in [2.75, 3.05) is 13.1 Å². The minimum atomic E-state index is -0.0734. The van der Waals surface area contributed by atoms with Gasteiger partial charge in [-0.15, -0.1) is 0 Å². The van der Waals surface area contributed by atoms with Crippen molar-refractivity contribution < 1.29 is 4.74 Å². The van der Waals surface area contributed by atoms with Crippen LogP contribution in [0.15, 0.2) is 28.7 Å². The molecular formula is C12H16BrNO. The van der Waals surface area contributed by atoms with Crippen LogP contribution in [0.4, 0.5) is 0 Å². The number of nitrogens with one attached hydrogen (secondary N) is 1. The summed E-state index contributed by atoms with van der Waals surface area (Å²) < 4.78 is 7.13. The van der Waals surface area contributed by atoms with Crippen molar-refractivity contribution in [3.63, 3.8) is 0 Å².